The lowest BCUT2D eigenvalue weighted by molar-refractivity contribution is 0.599. The molecule has 1 aromatic carbocycles. The van der Waals surface area contributed by atoms with Gasteiger partial charge in [-0.3, -0.25) is 4.99 Å². The van der Waals surface area contributed by atoms with E-state index in [0.29, 0.717) is 34.7 Å². The molecule has 0 unspecified atom stereocenters. The minimum absolute atomic E-state index is 0.155. The normalized spacial score (nSPS) is 12.2. The number of aromatic amines is 1. The molecule has 0 radical (unpaired) electrons. The lowest BCUT2D eigenvalue weighted by Gasteiger charge is -2.11. The second kappa shape index (κ2) is 13.0. The molecule has 0 saturated heterocycles. The predicted octanol–water partition coefficient (Wildman–Crippen LogP) is 2.78. The second-order valence-corrected chi connectivity index (χ2v) is 12.2. The van der Waals surface area contributed by atoms with Gasteiger partial charge < -0.3 is 16.0 Å². The van der Waals surface area contributed by atoms with E-state index in [1.807, 2.05) is 6.92 Å². The Balaban J connectivity index is 1.51. The van der Waals surface area contributed by atoms with Crippen molar-refractivity contribution in [2.45, 2.75) is 23.3 Å². The number of H-pyrrole nitrogens is 1. The van der Waals surface area contributed by atoms with Crippen LogP contribution in [0.2, 0.25) is 0 Å². The Labute approximate surface area is 206 Å². The first-order valence-corrected chi connectivity index (χ1v) is 15.0. The largest absolute Gasteiger partial charge is 0.374 e. The molecule has 2 aromatic heterocycles. The van der Waals surface area contributed by atoms with E-state index in [-0.39, 0.29) is 5.75 Å². The van der Waals surface area contributed by atoms with Crippen LogP contribution in [0.5, 0.6) is 0 Å². The Morgan fingerprint density at radius 1 is 1.18 bits per heavy atom. The molecule has 0 fully saturated rings. The monoisotopic (exact) mass is 525 g/mol. The third-order valence-corrected chi connectivity index (χ3v) is 8.92. The number of amidine groups is 1. The van der Waals surface area contributed by atoms with E-state index in [9.17, 15) is 8.42 Å². The Kier molecular flexibility index (Phi) is 10.0. The van der Waals surface area contributed by atoms with E-state index in [2.05, 4.69) is 30.5 Å². The number of nitrogens with zero attached hydrogens (tertiary/aromatic N) is 4. The number of nitrogen functional groups attached to an aromatic ring is 1. The highest BCUT2D eigenvalue weighted by molar-refractivity contribution is 7.98. The number of imidazole rings is 1. The van der Waals surface area contributed by atoms with Crippen LogP contribution in [0.4, 0.5) is 5.13 Å². The Bertz CT molecular complexity index is 1130. The average molecular weight is 526 g/mol. The van der Waals surface area contributed by atoms with Gasteiger partial charge in [0.1, 0.15) is 16.6 Å². The summed E-state index contributed by atoms with van der Waals surface area (Å²) in [5.74, 6) is 3.39. The maximum Gasteiger partial charge on any atom is 0.203 e. The Hall–Kier alpha value is -2.09. The molecule has 0 bridgehead atoms. The SMILES string of the molecule is Cc1[nH]cnc1CSCCNC(CS(=O)(=O)c1ccccc1)=NCCSCc1nnc(N)s1. The van der Waals surface area contributed by atoms with Crippen LogP contribution in [0.25, 0.3) is 0 Å². The van der Waals surface area contributed by atoms with Crippen LogP contribution in [-0.4, -0.2) is 64.8 Å². The zero-order chi connectivity index (χ0) is 23.5. The first-order valence-electron chi connectivity index (χ1n) is 10.2. The Morgan fingerprint density at radius 3 is 2.67 bits per heavy atom. The van der Waals surface area contributed by atoms with Gasteiger partial charge in [-0.15, -0.1) is 10.2 Å². The van der Waals surface area contributed by atoms with Crippen LogP contribution in [-0.2, 0) is 21.3 Å². The molecule has 9 nitrogen and oxygen atoms in total. The van der Waals surface area contributed by atoms with Crippen LogP contribution in [0.1, 0.15) is 16.4 Å². The van der Waals surface area contributed by atoms with Crippen molar-refractivity contribution in [3.63, 3.8) is 0 Å². The fourth-order valence-electron chi connectivity index (χ4n) is 2.74. The molecule has 0 aliphatic carbocycles. The van der Waals surface area contributed by atoms with Crippen molar-refractivity contribution in [3.8, 4) is 0 Å². The summed E-state index contributed by atoms with van der Waals surface area (Å²) in [5.41, 5.74) is 7.71. The first-order chi connectivity index (χ1) is 15.9. The summed E-state index contributed by atoms with van der Waals surface area (Å²) in [6, 6.07) is 8.47. The number of nitrogens with one attached hydrogen (secondary N) is 2. The van der Waals surface area contributed by atoms with Crippen molar-refractivity contribution in [1.29, 1.82) is 0 Å². The number of rotatable bonds is 13. The van der Waals surface area contributed by atoms with Crippen molar-refractivity contribution in [3.05, 3.63) is 53.1 Å². The molecule has 4 N–H and O–H groups in total. The molecule has 13 heteroatoms. The number of aliphatic imine (C=N–C) groups is 1. The van der Waals surface area contributed by atoms with Gasteiger partial charge in [0, 0.05) is 35.3 Å². The molecule has 0 amide bonds. The molecule has 2 heterocycles. The van der Waals surface area contributed by atoms with Gasteiger partial charge in [0.2, 0.25) is 5.13 Å². The number of aryl methyl sites for hydroxylation is 1. The summed E-state index contributed by atoms with van der Waals surface area (Å²) in [7, 11) is -3.48. The highest BCUT2D eigenvalue weighted by Crippen LogP contribution is 2.17. The van der Waals surface area contributed by atoms with Crippen LogP contribution >= 0.6 is 34.9 Å². The summed E-state index contributed by atoms with van der Waals surface area (Å²) >= 11 is 4.77. The highest BCUT2D eigenvalue weighted by atomic mass is 32.2. The average Bonchev–Trinajstić information content (AvgIpc) is 3.41. The fraction of sp³-hybridized carbons (Fsp3) is 0.400. The van der Waals surface area contributed by atoms with Gasteiger partial charge in [-0.25, -0.2) is 13.4 Å². The standard InChI is InChI=1S/C20H27N7O2S4/c1-15-17(25-14-24-15)11-30-9-7-22-18(13-33(28,29)16-5-3-2-4-6-16)23-8-10-31-12-19-26-27-20(21)32-19/h2-6,14H,7-13H2,1H3,(H2,21,27)(H,22,23)(H,24,25). The summed E-state index contributed by atoms with van der Waals surface area (Å²) < 4.78 is 25.7. The summed E-state index contributed by atoms with van der Waals surface area (Å²) in [6.07, 6.45) is 1.70. The summed E-state index contributed by atoms with van der Waals surface area (Å²) in [5, 5.41) is 12.4. The van der Waals surface area contributed by atoms with Gasteiger partial charge >= 0.3 is 0 Å². The Morgan fingerprint density at radius 2 is 1.97 bits per heavy atom. The number of thioether (sulfide) groups is 2. The lowest BCUT2D eigenvalue weighted by Crippen LogP contribution is -2.32. The minimum Gasteiger partial charge on any atom is -0.374 e. The van der Waals surface area contributed by atoms with E-state index in [0.717, 1.165) is 33.7 Å². The van der Waals surface area contributed by atoms with Gasteiger partial charge in [0.15, 0.2) is 9.84 Å². The molecule has 0 saturated carbocycles. The molecule has 0 spiro atoms. The lowest BCUT2D eigenvalue weighted by atomic mass is 10.4. The van der Waals surface area contributed by atoms with Crippen molar-refractivity contribution >= 4 is 55.7 Å². The fourth-order valence-corrected chi connectivity index (χ4v) is 6.40. The van der Waals surface area contributed by atoms with Crippen LogP contribution in [0.3, 0.4) is 0 Å². The number of benzene rings is 1. The highest BCUT2D eigenvalue weighted by Gasteiger charge is 2.17. The van der Waals surface area contributed by atoms with Crippen molar-refractivity contribution in [1.82, 2.24) is 25.5 Å². The number of sulfone groups is 1. The number of aromatic nitrogens is 4. The molecule has 0 aliphatic rings. The summed E-state index contributed by atoms with van der Waals surface area (Å²) in [4.78, 5) is 12.2. The number of hydrogen-bond donors (Lipinski definition) is 3. The number of hydrogen-bond acceptors (Lipinski definition) is 10. The molecule has 33 heavy (non-hydrogen) atoms. The van der Waals surface area contributed by atoms with Gasteiger partial charge in [-0.05, 0) is 19.1 Å². The van der Waals surface area contributed by atoms with E-state index >= 15 is 0 Å². The third kappa shape index (κ3) is 8.65. The van der Waals surface area contributed by atoms with E-state index in [1.54, 1.807) is 60.2 Å². The molecule has 0 atom stereocenters. The maximum absolute atomic E-state index is 12.8. The predicted molar refractivity (Wildman–Crippen MR) is 139 cm³/mol. The van der Waals surface area contributed by atoms with E-state index < -0.39 is 9.84 Å². The number of anilines is 1. The molecule has 178 valence electrons. The number of nitrogens with two attached hydrogens (primary N) is 1. The van der Waals surface area contributed by atoms with Crippen LogP contribution < -0.4 is 11.1 Å². The van der Waals surface area contributed by atoms with Gasteiger partial charge in [-0.1, -0.05) is 29.5 Å². The zero-order valence-corrected chi connectivity index (χ0v) is 21.5. The zero-order valence-electron chi connectivity index (χ0n) is 18.2. The van der Waals surface area contributed by atoms with Crippen LogP contribution in [0, 0.1) is 6.92 Å². The third-order valence-electron chi connectivity index (χ3n) is 4.42. The van der Waals surface area contributed by atoms with Gasteiger partial charge in [0.05, 0.1) is 23.5 Å². The summed E-state index contributed by atoms with van der Waals surface area (Å²) in [6.45, 7) is 3.12. The quantitative estimate of drug-likeness (QED) is 0.175. The van der Waals surface area contributed by atoms with Gasteiger partial charge in [-0.2, -0.15) is 23.5 Å². The molecular formula is C20H27N7O2S4. The second-order valence-electron chi connectivity index (χ2n) is 6.94. The van der Waals surface area contributed by atoms with Crippen molar-refractivity contribution in [2.75, 3.05) is 36.1 Å². The van der Waals surface area contributed by atoms with Crippen molar-refractivity contribution in [2.24, 2.45) is 4.99 Å². The molecular weight excluding hydrogens is 499 g/mol. The maximum atomic E-state index is 12.8. The van der Waals surface area contributed by atoms with E-state index in [1.165, 1.54) is 11.3 Å². The minimum atomic E-state index is -3.48. The van der Waals surface area contributed by atoms with Crippen LogP contribution in [0.15, 0.2) is 46.5 Å². The topological polar surface area (TPSA) is 139 Å². The molecule has 3 aromatic rings. The first kappa shape index (κ1) is 25.5. The smallest absolute Gasteiger partial charge is 0.203 e. The molecule has 3 rings (SSSR count). The van der Waals surface area contributed by atoms with E-state index in [4.69, 9.17) is 5.73 Å². The molecule has 0 aliphatic heterocycles. The van der Waals surface area contributed by atoms with Crippen molar-refractivity contribution < 1.29 is 8.42 Å². The van der Waals surface area contributed by atoms with Gasteiger partial charge in [0.25, 0.3) is 0 Å².